The van der Waals surface area contributed by atoms with Gasteiger partial charge in [-0.2, -0.15) is 0 Å². The van der Waals surface area contributed by atoms with E-state index >= 15 is 0 Å². The molecule has 3 nitrogen and oxygen atoms in total. The molecule has 1 unspecified atom stereocenters. The highest BCUT2D eigenvalue weighted by Crippen LogP contribution is 2.19. The molecule has 0 fully saturated rings. The minimum Gasteiger partial charge on any atom is -0.212 e. The molecule has 0 aromatic heterocycles. The zero-order valence-electron chi connectivity index (χ0n) is 10.7. The van der Waals surface area contributed by atoms with Crippen LogP contribution in [0.2, 0.25) is 0 Å². The SMILES string of the molecule is CCC(CCBr)NS(=O)(=O)CCC(C)(C)C. The molecule has 5 heteroatoms. The van der Waals surface area contributed by atoms with Gasteiger partial charge in [0.15, 0.2) is 0 Å². The van der Waals surface area contributed by atoms with Crippen molar-refractivity contribution in [1.82, 2.24) is 4.72 Å². The number of nitrogens with one attached hydrogen (secondary N) is 1. The van der Waals surface area contributed by atoms with Gasteiger partial charge in [-0.05, 0) is 24.7 Å². The standard InChI is InChI=1S/C11H24BrNO2S/c1-5-10(6-8-12)13-16(14,15)9-7-11(2,3)4/h10,13H,5-9H2,1-4H3. The maximum atomic E-state index is 11.8. The third kappa shape index (κ3) is 8.53. The average Bonchev–Trinajstić information content (AvgIpc) is 2.13. The highest BCUT2D eigenvalue weighted by molar-refractivity contribution is 9.09. The molecule has 1 N–H and O–H groups in total. The van der Waals surface area contributed by atoms with Gasteiger partial charge in [-0.3, -0.25) is 0 Å². The Morgan fingerprint density at radius 2 is 1.88 bits per heavy atom. The minimum absolute atomic E-state index is 0.0596. The molecule has 0 bridgehead atoms. The van der Waals surface area contributed by atoms with E-state index in [4.69, 9.17) is 0 Å². The lowest BCUT2D eigenvalue weighted by Crippen LogP contribution is -2.37. The van der Waals surface area contributed by atoms with Crippen LogP contribution < -0.4 is 4.72 Å². The first-order valence-electron chi connectivity index (χ1n) is 5.76. The molecule has 1 atom stereocenters. The second kappa shape index (κ2) is 6.97. The van der Waals surface area contributed by atoms with Crippen molar-refractivity contribution in [1.29, 1.82) is 0 Å². The van der Waals surface area contributed by atoms with Crippen LogP contribution in [0.15, 0.2) is 0 Å². The number of halogens is 1. The molecule has 16 heavy (non-hydrogen) atoms. The summed E-state index contributed by atoms with van der Waals surface area (Å²) in [5, 5.41) is 0.827. The van der Waals surface area contributed by atoms with Gasteiger partial charge in [0.05, 0.1) is 5.75 Å². The fraction of sp³-hybridized carbons (Fsp3) is 1.00. The maximum absolute atomic E-state index is 11.8. The van der Waals surface area contributed by atoms with Gasteiger partial charge in [0, 0.05) is 11.4 Å². The third-order valence-electron chi connectivity index (χ3n) is 2.42. The van der Waals surface area contributed by atoms with E-state index in [1.807, 2.05) is 6.92 Å². The molecule has 0 heterocycles. The van der Waals surface area contributed by atoms with E-state index in [1.54, 1.807) is 0 Å². The van der Waals surface area contributed by atoms with Crippen LogP contribution in [-0.4, -0.2) is 25.5 Å². The largest absolute Gasteiger partial charge is 0.212 e. The van der Waals surface area contributed by atoms with Crippen molar-refractivity contribution in [3.05, 3.63) is 0 Å². The highest BCUT2D eigenvalue weighted by atomic mass is 79.9. The predicted octanol–water partition coefficient (Wildman–Crippen LogP) is 2.91. The summed E-state index contributed by atoms with van der Waals surface area (Å²) in [6.07, 6.45) is 2.36. The van der Waals surface area contributed by atoms with E-state index < -0.39 is 10.0 Å². The fourth-order valence-corrected chi connectivity index (χ4v) is 3.58. The molecule has 0 aromatic carbocycles. The Morgan fingerprint density at radius 1 is 1.31 bits per heavy atom. The molecule has 0 aliphatic heterocycles. The van der Waals surface area contributed by atoms with Crippen LogP contribution in [0.5, 0.6) is 0 Å². The Balaban J connectivity index is 4.23. The van der Waals surface area contributed by atoms with Crippen LogP contribution in [-0.2, 0) is 10.0 Å². The number of sulfonamides is 1. The Hall–Kier alpha value is 0.390. The van der Waals surface area contributed by atoms with Gasteiger partial charge in [-0.15, -0.1) is 0 Å². The lowest BCUT2D eigenvalue weighted by molar-refractivity contribution is 0.395. The first-order valence-corrected chi connectivity index (χ1v) is 8.53. The summed E-state index contributed by atoms with van der Waals surface area (Å²) in [5.74, 6) is 0.218. The molecule has 0 saturated carbocycles. The van der Waals surface area contributed by atoms with Gasteiger partial charge in [-0.1, -0.05) is 43.6 Å². The van der Waals surface area contributed by atoms with E-state index in [0.29, 0.717) is 6.42 Å². The van der Waals surface area contributed by atoms with Gasteiger partial charge >= 0.3 is 0 Å². The zero-order chi connectivity index (χ0) is 12.8. The van der Waals surface area contributed by atoms with Crippen LogP contribution in [0.1, 0.15) is 47.0 Å². The van der Waals surface area contributed by atoms with Crippen LogP contribution in [0.25, 0.3) is 0 Å². The van der Waals surface area contributed by atoms with E-state index in [1.165, 1.54) is 0 Å². The zero-order valence-corrected chi connectivity index (χ0v) is 13.1. The predicted molar refractivity (Wildman–Crippen MR) is 73.5 cm³/mol. The van der Waals surface area contributed by atoms with Gasteiger partial charge in [0.1, 0.15) is 0 Å². The second-order valence-electron chi connectivity index (χ2n) is 5.33. The highest BCUT2D eigenvalue weighted by Gasteiger charge is 2.19. The summed E-state index contributed by atoms with van der Waals surface area (Å²) in [6, 6.07) is 0.0596. The van der Waals surface area contributed by atoms with Crippen molar-refractivity contribution in [2.45, 2.75) is 53.0 Å². The molecule has 0 aliphatic carbocycles. The number of alkyl halides is 1. The Kier molecular flexibility index (Phi) is 7.14. The molecule has 0 amide bonds. The van der Waals surface area contributed by atoms with Crippen molar-refractivity contribution in [3.63, 3.8) is 0 Å². The summed E-state index contributed by atoms with van der Waals surface area (Å²) >= 11 is 3.33. The second-order valence-corrected chi connectivity index (χ2v) is 8.00. The monoisotopic (exact) mass is 313 g/mol. The molecular weight excluding hydrogens is 290 g/mol. The van der Waals surface area contributed by atoms with Gasteiger partial charge in [-0.25, -0.2) is 13.1 Å². The molecule has 98 valence electrons. The van der Waals surface area contributed by atoms with E-state index in [9.17, 15) is 8.42 Å². The van der Waals surface area contributed by atoms with Gasteiger partial charge in [0.2, 0.25) is 10.0 Å². The number of hydrogen-bond donors (Lipinski definition) is 1. The van der Waals surface area contributed by atoms with E-state index in [-0.39, 0.29) is 17.2 Å². The lowest BCUT2D eigenvalue weighted by Gasteiger charge is -2.20. The summed E-state index contributed by atoms with van der Waals surface area (Å²) in [5.41, 5.74) is 0.0614. The molecule has 0 spiro atoms. The molecule has 0 aliphatic rings. The van der Waals surface area contributed by atoms with Crippen molar-refractivity contribution >= 4 is 26.0 Å². The molecule has 0 aromatic rings. The van der Waals surface area contributed by atoms with Crippen LogP contribution in [0.4, 0.5) is 0 Å². The summed E-state index contributed by atoms with van der Waals surface area (Å²) < 4.78 is 26.3. The lowest BCUT2D eigenvalue weighted by atomic mass is 9.94. The quantitative estimate of drug-likeness (QED) is 0.735. The molecule has 0 saturated heterocycles. The topological polar surface area (TPSA) is 46.2 Å². The Morgan fingerprint density at radius 3 is 2.25 bits per heavy atom. The van der Waals surface area contributed by atoms with E-state index in [0.717, 1.165) is 18.2 Å². The third-order valence-corrected chi connectivity index (χ3v) is 4.31. The summed E-state index contributed by atoms with van der Waals surface area (Å²) in [7, 11) is -3.12. The van der Waals surface area contributed by atoms with Crippen molar-refractivity contribution in [3.8, 4) is 0 Å². The van der Waals surface area contributed by atoms with Crippen molar-refractivity contribution < 1.29 is 8.42 Å². The first-order chi connectivity index (χ1) is 7.20. The number of hydrogen-bond acceptors (Lipinski definition) is 2. The van der Waals surface area contributed by atoms with Crippen molar-refractivity contribution in [2.24, 2.45) is 5.41 Å². The molecule has 0 radical (unpaired) electrons. The maximum Gasteiger partial charge on any atom is 0.211 e. The summed E-state index contributed by atoms with van der Waals surface area (Å²) in [6.45, 7) is 8.16. The Bertz CT molecular complexity index is 283. The van der Waals surface area contributed by atoms with Crippen LogP contribution >= 0.6 is 15.9 Å². The average molecular weight is 314 g/mol. The Labute approximate surface area is 109 Å². The van der Waals surface area contributed by atoms with Crippen LogP contribution in [0.3, 0.4) is 0 Å². The molecular formula is C11H24BrNO2S. The smallest absolute Gasteiger partial charge is 0.211 e. The molecule has 0 rings (SSSR count). The van der Waals surface area contributed by atoms with Crippen LogP contribution in [0, 0.1) is 5.41 Å². The van der Waals surface area contributed by atoms with E-state index in [2.05, 4.69) is 41.4 Å². The van der Waals surface area contributed by atoms with Gasteiger partial charge in [0.25, 0.3) is 0 Å². The van der Waals surface area contributed by atoms with Gasteiger partial charge < -0.3 is 0 Å². The normalized spacial score (nSPS) is 15.1. The first kappa shape index (κ1) is 16.4. The number of rotatable bonds is 7. The fourth-order valence-electron chi connectivity index (χ4n) is 1.23. The van der Waals surface area contributed by atoms with Crippen molar-refractivity contribution in [2.75, 3.05) is 11.1 Å². The summed E-state index contributed by atoms with van der Waals surface area (Å²) in [4.78, 5) is 0. The minimum atomic E-state index is -3.12.